The van der Waals surface area contributed by atoms with Gasteiger partial charge in [-0.05, 0) is 40.7 Å². The van der Waals surface area contributed by atoms with E-state index in [0.717, 1.165) is 0 Å². The Morgan fingerprint density at radius 2 is 2.03 bits per heavy atom. The van der Waals surface area contributed by atoms with Gasteiger partial charge in [0.05, 0.1) is 19.2 Å². The van der Waals surface area contributed by atoms with Crippen LogP contribution in [0, 0.1) is 5.21 Å². The molecule has 1 unspecified atom stereocenters. The molecule has 2 N–H and O–H groups in total. The number of esters is 2. The lowest BCUT2D eigenvalue weighted by molar-refractivity contribution is -0.877. The molecule has 9 heteroatoms. The zero-order chi connectivity index (χ0) is 22.9. The summed E-state index contributed by atoms with van der Waals surface area (Å²) in [5.41, 5.74) is -3.16. The normalized spacial score (nSPS) is 29.6. The molecule has 0 aromatic rings. The number of methoxy groups -OCH3 is 1. The zero-order valence-corrected chi connectivity index (χ0v) is 18.5. The van der Waals surface area contributed by atoms with Crippen molar-refractivity contribution >= 4 is 11.9 Å². The summed E-state index contributed by atoms with van der Waals surface area (Å²) in [6.07, 6.45) is 2.08. The maximum absolute atomic E-state index is 13.1. The molecule has 1 saturated heterocycles. The van der Waals surface area contributed by atoms with Crippen LogP contribution in [0.25, 0.3) is 0 Å². The van der Waals surface area contributed by atoms with E-state index in [1.54, 1.807) is 26.0 Å². The zero-order valence-electron chi connectivity index (χ0n) is 18.5. The fraction of sp³-hybridized carbons (Fsp3) is 0.714. The van der Waals surface area contributed by atoms with Crippen molar-refractivity contribution in [2.45, 2.75) is 70.5 Å². The molecule has 0 amide bonds. The quantitative estimate of drug-likeness (QED) is 0.193. The first-order valence-electron chi connectivity index (χ1n) is 10.1. The van der Waals surface area contributed by atoms with Gasteiger partial charge in [-0.15, -0.1) is 0 Å². The molecule has 0 saturated carbocycles. The summed E-state index contributed by atoms with van der Waals surface area (Å²) < 4.78 is 15.4. The van der Waals surface area contributed by atoms with Crippen molar-refractivity contribution in [3.8, 4) is 0 Å². The van der Waals surface area contributed by atoms with Gasteiger partial charge in [-0.25, -0.2) is 9.59 Å². The minimum atomic E-state index is -2.31. The molecule has 2 heterocycles. The Labute approximate surface area is 177 Å². The predicted molar refractivity (Wildman–Crippen MR) is 108 cm³/mol. The molecule has 0 aromatic heterocycles. The van der Waals surface area contributed by atoms with Gasteiger partial charge in [0, 0.05) is 24.7 Å². The fourth-order valence-electron chi connectivity index (χ4n) is 4.04. The minimum Gasteiger partial charge on any atom is -0.632 e. The van der Waals surface area contributed by atoms with Gasteiger partial charge in [0.25, 0.3) is 0 Å². The summed E-state index contributed by atoms with van der Waals surface area (Å²) in [5.74, 6) is -1.54. The number of hydroxylamine groups is 3. The van der Waals surface area contributed by atoms with Gasteiger partial charge in [0.15, 0.2) is 12.1 Å². The number of fused-ring (bicyclic) bond motifs is 1. The molecule has 0 aliphatic carbocycles. The molecule has 0 aromatic carbocycles. The predicted octanol–water partition coefficient (Wildman–Crippen LogP) is 0.971. The van der Waals surface area contributed by atoms with Crippen LogP contribution in [0.2, 0.25) is 0 Å². The van der Waals surface area contributed by atoms with E-state index >= 15 is 0 Å². The van der Waals surface area contributed by atoms with Crippen LogP contribution in [0.4, 0.5) is 0 Å². The monoisotopic (exact) mass is 427 g/mol. The van der Waals surface area contributed by atoms with Gasteiger partial charge in [-0.1, -0.05) is 6.08 Å². The summed E-state index contributed by atoms with van der Waals surface area (Å²) >= 11 is 0. The highest BCUT2D eigenvalue weighted by Gasteiger charge is 2.56. The third-order valence-electron chi connectivity index (χ3n) is 6.26. The Morgan fingerprint density at radius 3 is 2.57 bits per heavy atom. The molecule has 0 bridgehead atoms. The van der Waals surface area contributed by atoms with Gasteiger partial charge in [-0.2, -0.15) is 0 Å². The summed E-state index contributed by atoms with van der Waals surface area (Å²) in [4.78, 5) is 24.9. The Morgan fingerprint density at radius 1 is 1.40 bits per heavy atom. The van der Waals surface area contributed by atoms with E-state index < -0.39 is 46.0 Å². The molecular weight excluding hydrogens is 394 g/mol. The number of carbonyl (C=O) groups excluding carboxylic acids is 2. The van der Waals surface area contributed by atoms with Crippen molar-refractivity contribution in [1.82, 2.24) is 0 Å². The lowest BCUT2D eigenvalue weighted by Gasteiger charge is -2.41. The number of allylic oxidation sites excluding steroid dienone is 1. The Bertz CT molecular complexity index is 740. The molecule has 0 spiro atoms. The lowest BCUT2D eigenvalue weighted by atomic mass is 9.81. The van der Waals surface area contributed by atoms with Crippen LogP contribution in [0.3, 0.4) is 0 Å². The molecule has 5 atom stereocenters. The van der Waals surface area contributed by atoms with Crippen LogP contribution in [0.5, 0.6) is 0 Å². The average Bonchev–Trinajstić information content (AvgIpc) is 3.18. The van der Waals surface area contributed by atoms with Crippen LogP contribution in [0.15, 0.2) is 23.3 Å². The molecule has 1 fully saturated rings. The number of rotatable bonds is 8. The molecule has 30 heavy (non-hydrogen) atoms. The van der Waals surface area contributed by atoms with Crippen LogP contribution < -0.4 is 0 Å². The molecule has 2 aliphatic rings. The third kappa shape index (κ3) is 4.31. The van der Waals surface area contributed by atoms with E-state index in [-0.39, 0.29) is 13.2 Å². The first kappa shape index (κ1) is 24.5. The number of hydrogen-bond acceptors (Lipinski definition) is 8. The summed E-state index contributed by atoms with van der Waals surface area (Å²) in [5, 5.41) is 34.3. The number of carbonyl (C=O) groups is 2. The van der Waals surface area contributed by atoms with Crippen LogP contribution >= 0.6 is 0 Å². The van der Waals surface area contributed by atoms with E-state index in [0.29, 0.717) is 24.1 Å². The van der Waals surface area contributed by atoms with E-state index in [1.807, 2.05) is 0 Å². The van der Waals surface area contributed by atoms with Crippen molar-refractivity contribution < 1.29 is 38.7 Å². The van der Waals surface area contributed by atoms with Crippen LogP contribution in [-0.4, -0.2) is 83.1 Å². The van der Waals surface area contributed by atoms with Gasteiger partial charge < -0.3 is 34.3 Å². The third-order valence-corrected chi connectivity index (χ3v) is 6.26. The highest BCUT2D eigenvalue weighted by Crippen LogP contribution is 2.38. The van der Waals surface area contributed by atoms with Crippen LogP contribution in [-0.2, 0) is 23.8 Å². The van der Waals surface area contributed by atoms with Crippen molar-refractivity contribution in [2.24, 2.45) is 0 Å². The second-order valence-electron chi connectivity index (χ2n) is 8.57. The van der Waals surface area contributed by atoms with E-state index in [9.17, 15) is 25.0 Å². The largest absolute Gasteiger partial charge is 0.632 e. The molecular formula is C21H33NO8. The van der Waals surface area contributed by atoms with E-state index in [1.165, 1.54) is 27.9 Å². The van der Waals surface area contributed by atoms with E-state index in [4.69, 9.17) is 14.2 Å². The maximum atomic E-state index is 13.1. The number of quaternary nitrogens is 1. The second kappa shape index (κ2) is 8.76. The minimum absolute atomic E-state index is 0.193. The molecule has 2 rings (SSSR count). The second-order valence-corrected chi connectivity index (χ2v) is 8.57. The van der Waals surface area contributed by atoms with Crippen LogP contribution in [0.1, 0.15) is 41.0 Å². The van der Waals surface area contributed by atoms with Crippen molar-refractivity contribution in [3.05, 3.63) is 28.5 Å². The standard InChI is InChI=1S/C21H33NO8/c1-7-13(2)18(23)30-16-9-11-22(27)10-8-15(17(16)22)12-29-19(24)21(26,14(3)28-6)20(4,5)25/h7-8,14,16-17,25-26H,9-12H2,1-6H3/b13-7-/t14-,16-,17+,21+,22?/m0/s1. The average molecular weight is 427 g/mol. The van der Waals surface area contributed by atoms with E-state index in [2.05, 4.69) is 0 Å². The van der Waals surface area contributed by atoms with Gasteiger partial charge >= 0.3 is 11.9 Å². The molecule has 2 aliphatic heterocycles. The van der Waals surface area contributed by atoms with Gasteiger partial charge in [-0.3, -0.25) is 0 Å². The maximum Gasteiger partial charge on any atom is 0.344 e. The van der Waals surface area contributed by atoms with Crippen molar-refractivity contribution in [3.63, 3.8) is 0 Å². The Hall–Kier alpha value is -1.78. The van der Waals surface area contributed by atoms with Gasteiger partial charge in [0.2, 0.25) is 5.60 Å². The topological polar surface area (TPSA) is 125 Å². The lowest BCUT2D eigenvalue weighted by Crippen LogP contribution is -2.63. The number of nitrogens with zero attached hydrogens (tertiary/aromatic N) is 1. The highest BCUT2D eigenvalue weighted by molar-refractivity contribution is 5.87. The first-order valence-corrected chi connectivity index (χ1v) is 10.1. The molecule has 170 valence electrons. The molecule has 9 nitrogen and oxygen atoms in total. The van der Waals surface area contributed by atoms with Gasteiger partial charge in [0.1, 0.15) is 12.2 Å². The summed E-state index contributed by atoms with van der Waals surface area (Å²) in [6.45, 7) is 7.62. The fourth-order valence-corrected chi connectivity index (χ4v) is 4.04. The van der Waals surface area contributed by atoms with Crippen molar-refractivity contribution in [1.29, 1.82) is 0 Å². The first-order chi connectivity index (χ1) is 13.8. The smallest absolute Gasteiger partial charge is 0.344 e. The number of ether oxygens (including phenoxy) is 3. The Kier molecular flexibility index (Phi) is 7.15. The van der Waals surface area contributed by atoms with Crippen molar-refractivity contribution in [2.75, 3.05) is 26.8 Å². The number of hydrogen-bond donors (Lipinski definition) is 2. The summed E-state index contributed by atoms with van der Waals surface area (Å²) in [6, 6.07) is -0.665. The highest BCUT2D eigenvalue weighted by atomic mass is 16.6. The molecule has 0 radical (unpaired) electrons. The number of aliphatic hydroxyl groups is 2. The summed E-state index contributed by atoms with van der Waals surface area (Å²) in [7, 11) is 1.31. The Balaban J connectivity index is 2.14. The SMILES string of the molecule is C/C=C(/C)C(=O)O[C@H]1CC[N+]2([O-])CC=C(COC(=O)[C@](O)([C@H](C)OC)C(C)(C)O)[C@H]12.